The van der Waals surface area contributed by atoms with E-state index in [4.69, 9.17) is 5.73 Å². The maximum atomic E-state index is 11.7. The van der Waals surface area contributed by atoms with Gasteiger partial charge < -0.3 is 11.1 Å². The molecule has 3 nitrogen and oxygen atoms in total. The molecule has 0 spiro atoms. The summed E-state index contributed by atoms with van der Waals surface area (Å²) in [5.41, 5.74) is 7.68. The van der Waals surface area contributed by atoms with E-state index in [0.717, 1.165) is 6.42 Å². The summed E-state index contributed by atoms with van der Waals surface area (Å²) in [4.78, 5) is 11.7. The highest BCUT2D eigenvalue weighted by molar-refractivity contribution is 5.77. The van der Waals surface area contributed by atoms with Crippen LogP contribution >= 0.6 is 0 Å². The number of amides is 1. The Labute approximate surface area is 103 Å². The van der Waals surface area contributed by atoms with Gasteiger partial charge in [0, 0.05) is 18.5 Å². The van der Waals surface area contributed by atoms with Gasteiger partial charge in [-0.25, -0.2) is 0 Å². The largest absolute Gasteiger partial charge is 0.350 e. The molecule has 0 aliphatic heterocycles. The zero-order valence-corrected chi connectivity index (χ0v) is 10.9. The van der Waals surface area contributed by atoms with Crippen LogP contribution in [0.3, 0.4) is 0 Å². The summed E-state index contributed by atoms with van der Waals surface area (Å²) >= 11 is 0. The Morgan fingerprint density at radius 2 is 1.88 bits per heavy atom. The first-order chi connectivity index (χ1) is 7.93. The van der Waals surface area contributed by atoms with Gasteiger partial charge in [0.25, 0.3) is 0 Å². The molecule has 94 valence electrons. The summed E-state index contributed by atoms with van der Waals surface area (Å²) in [7, 11) is 0. The second-order valence-corrected chi connectivity index (χ2v) is 5.12. The molecule has 0 bridgehead atoms. The molecule has 1 rings (SSSR count). The average molecular weight is 234 g/mol. The van der Waals surface area contributed by atoms with Crippen LogP contribution in [0.5, 0.6) is 0 Å². The molecule has 3 heteroatoms. The predicted molar refractivity (Wildman–Crippen MR) is 70.8 cm³/mol. The average Bonchev–Trinajstić information content (AvgIpc) is 2.28. The number of benzene rings is 1. The first kappa shape index (κ1) is 13.7. The Morgan fingerprint density at radius 3 is 2.41 bits per heavy atom. The Balaban J connectivity index is 2.41. The first-order valence-electron chi connectivity index (χ1n) is 5.99. The molecule has 0 heterocycles. The van der Waals surface area contributed by atoms with Crippen LogP contribution in [0.25, 0.3) is 0 Å². The van der Waals surface area contributed by atoms with Gasteiger partial charge in [0.05, 0.1) is 0 Å². The molecule has 0 saturated heterocycles. The van der Waals surface area contributed by atoms with Crippen molar-refractivity contribution in [3.63, 3.8) is 0 Å². The van der Waals surface area contributed by atoms with E-state index in [2.05, 4.69) is 36.5 Å². The number of hydrogen-bond donors (Lipinski definition) is 2. The molecule has 0 radical (unpaired) electrons. The minimum atomic E-state index is -0.315. The van der Waals surface area contributed by atoms with Crippen LogP contribution in [0.4, 0.5) is 0 Å². The van der Waals surface area contributed by atoms with Gasteiger partial charge in [0.15, 0.2) is 0 Å². The molecule has 17 heavy (non-hydrogen) atoms. The van der Waals surface area contributed by atoms with Crippen molar-refractivity contribution in [1.29, 1.82) is 0 Å². The molecular formula is C14H22N2O. The van der Waals surface area contributed by atoms with Crippen molar-refractivity contribution in [1.82, 2.24) is 5.32 Å². The van der Waals surface area contributed by atoms with Crippen LogP contribution in [-0.4, -0.2) is 18.0 Å². The van der Waals surface area contributed by atoms with Crippen molar-refractivity contribution in [3.05, 3.63) is 35.4 Å². The maximum absolute atomic E-state index is 11.7. The fraction of sp³-hybridized carbons (Fsp3) is 0.500. The van der Waals surface area contributed by atoms with Crippen LogP contribution in [-0.2, 0) is 11.2 Å². The normalized spacial score (nSPS) is 11.3. The van der Waals surface area contributed by atoms with Gasteiger partial charge in [-0.05, 0) is 32.8 Å². The van der Waals surface area contributed by atoms with Crippen molar-refractivity contribution < 1.29 is 4.79 Å². The molecule has 0 unspecified atom stereocenters. The van der Waals surface area contributed by atoms with Gasteiger partial charge >= 0.3 is 0 Å². The minimum absolute atomic E-state index is 0.0565. The summed E-state index contributed by atoms with van der Waals surface area (Å²) in [6.45, 7) is 6.36. The maximum Gasteiger partial charge on any atom is 0.220 e. The third-order valence-electron chi connectivity index (χ3n) is 2.75. The fourth-order valence-electron chi connectivity index (χ4n) is 1.50. The molecule has 0 aliphatic rings. The number of rotatable bonds is 5. The first-order valence-corrected chi connectivity index (χ1v) is 5.99. The van der Waals surface area contributed by atoms with E-state index < -0.39 is 0 Å². The molecule has 0 aromatic heterocycles. The lowest BCUT2D eigenvalue weighted by Gasteiger charge is -2.24. The number of aryl methyl sites for hydroxylation is 2. The highest BCUT2D eigenvalue weighted by Gasteiger charge is 2.17. The third kappa shape index (κ3) is 5.00. The van der Waals surface area contributed by atoms with E-state index in [-0.39, 0.29) is 11.4 Å². The highest BCUT2D eigenvalue weighted by atomic mass is 16.1. The molecule has 0 fully saturated rings. The lowest BCUT2D eigenvalue weighted by atomic mass is 10.0. The zero-order valence-electron chi connectivity index (χ0n) is 10.9. The zero-order chi connectivity index (χ0) is 12.9. The Kier molecular flexibility index (Phi) is 4.70. The topological polar surface area (TPSA) is 55.1 Å². The molecule has 3 N–H and O–H groups in total. The van der Waals surface area contributed by atoms with Crippen molar-refractivity contribution in [2.24, 2.45) is 5.73 Å². The number of hydrogen-bond acceptors (Lipinski definition) is 2. The van der Waals surface area contributed by atoms with E-state index in [9.17, 15) is 4.79 Å². The number of carbonyl (C=O) groups is 1. The molecule has 0 aliphatic carbocycles. The Hall–Kier alpha value is -1.35. The van der Waals surface area contributed by atoms with Crippen LogP contribution in [0.2, 0.25) is 0 Å². The lowest BCUT2D eigenvalue weighted by Crippen LogP contribution is -2.48. The van der Waals surface area contributed by atoms with Gasteiger partial charge in [-0.1, -0.05) is 29.8 Å². The number of nitrogens with one attached hydrogen (secondary N) is 1. The summed E-state index contributed by atoms with van der Waals surface area (Å²) in [6, 6.07) is 8.27. The summed E-state index contributed by atoms with van der Waals surface area (Å²) in [5.74, 6) is 0.0565. The van der Waals surface area contributed by atoms with E-state index in [1.807, 2.05) is 13.8 Å². The smallest absolute Gasteiger partial charge is 0.220 e. The van der Waals surface area contributed by atoms with E-state index in [1.54, 1.807) is 0 Å². The van der Waals surface area contributed by atoms with Crippen molar-refractivity contribution in [2.45, 2.75) is 39.2 Å². The quantitative estimate of drug-likeness (QED) is 0.816. The standard InChI is InChI=1S/C14H22N2O/c1-11-4-6-12(7-5-11)8-9-13(17)16-14(2,3)10-15/h4-7H,8-10,15H2,1-3H3,(H,16,17). The van der Waals surface area contributed by atoms with Crippen LogP contribution in [0.15, 0.2) is 24.3 Å². The summed E-state index contributed by atoms with van der Waals surface area (Å²) in [6.07, 6.45) is 1.28. The third-order valence-corrected chi connectivity index (χ3v) is 2.75. The Bertz CT molecular complexity index is 368. The molecule has 0 atom stereocenters. The van der Waals surface area contributed by atoms with Crippen molar-refractivity contribution in [2.75, 3.05) is 6.54 Å². The Morgan fingerprint density at radius 1 is 1.29 bits per heavy atom. The molecule has 1 aromatic rings. The summed E-state index contributed by atoms with van der Waals surface area (Å²) < 4.78 is 0. The summed E-state index contributed by atoms with van der Waals surface area (Å²) in [5, 5.41) is 2.92. The van der Waals surface area contributed by atoms with Gasteiger partial charge in [-0.2, -0.15) is 0 Å². The van der Waals surface area contributed by atoms with Gasteiger partial charge in [-0.15, -0.1) is 0 Å². The van der Waals surface area contributed by atoms with E-state index in [0.29, 0.717) is 13.0 Å². The number of nitrogens with two attached hydrogens (primary N) is 1. The van der Waals surface area contributed by atoms with Crippen LogP contribution < -0.4 is 11.1 Å². The van der Waals surface area contributed by atoms with E-state index in [1.165, 1.54) is 11.1 Å². The molecular weight excluding hydrogens is 212 g/mol. The van der Waals surface area contributed by atoms with Crippen molar-refractivity contribution >= 4 is 5.91 Å². The SMILES string of the molecule is Cc1ccc(CCC(=O)NC(C)(C)CN)cc1. The van der Waals surface area contributed by atoms with Gasteiger partial charge in [0.1, 0.15) is 0 Å². The minimum Gasteiger partial charge on any atom is -0.350 e. The molecule has 1 aromatic carbocycles. The van der Waals surface area contributed by atoms with Crippen molar-refractivity contribution in [3.8, 4) is 0 Å². The van der Waals surface area contributed by atoms with Gasteiger partial charge in [0.2, 0.25) is 5.91 Å². The second kappa shape index (κ2) is 5.82. The second-order valence-electron chi connectivity index (χ2n) is 5.12. The predicted octanol–water partition coefficient (Wildman–Crippen LogP) is 1.78. The molecule has 1 amide bonds. The fourth-order valence-corrected chi connectivity index (χ4v) is 1.50. The van der Waals surface area contributed by atoms with E-state index >= 15 is 0 Å². The number of carbonyl (C=O) groups excluding carboxylic acids is 1. The monoisotopic (exact) mass is 234 g/mol. The highest BCUT2D eigenvalue weighted by Crippen LogP contribution is 2.06. The van der Waals surface area contributed by atoms with Crippen LogP contribution in [0.1, 0.15) is 31.4 Å². The van der Waals surface area contributed by atoms with Gasteiger partial charge in [-0.3, -0.25) is 4.79 Å². The van der Waals surface area contributed by atoms with Crippen LogP contribution in [0, 0.1) is 6.92 Å². The lowest BCUT2D eigenvalue weighted by molar-refractivity contribution is -0.122. The molecule has 0 saturated carbocycles.